The highest BCUT2D eigenvalue weighted by Gasteiger charge is 2.45. The summed E-state index contributed by atoms with van der Waals surface area (Å²) in [6, 6.07) is 12.1. The second-order valence-corrected chi connectivity index (χ2v) is 5.61. The molecule has 3 rings (SSSR count). The van der Waals surface area contributed by atoms with Gasteiger partial charge >= 0.3 is 6.03 Å². The van der Waals surface area contributed by atoms with Crippen LogP contribution in [0.25, 0.3) is 0 Å². The fourth-order valence-corrected chi connectivity index (χ4v) is 2.43. The Hall–Kier alpha value is -2.36. The molecule has 0 saturated heterocycles. The molecule has 0 spiro atoms. The average molecular weight is 281 g/mol. The summed E-state index contributed by atoms with van der Waals surface area (Å²) in [6.07, 6.45) is 5.45. The molecule has 2 aromatic rings. The van der Waals surface area contributed by atoms with Gasteiger partial charge < -0.3 is 10.6 Å². The molecule has 0 aliphatic heterocycles. The van der Waals surface area contributed by atoms with Gasteiger partial charge in [-0.15, -0.1) is 0 Å². The van der Waals surface area contributed by atoms with E-state index in [0.717, 1.165) is 18.4 Å². The number of benzene rings is 1. The normalized spacial score (nSPS) is 15.3. The number of urea groups is 1. The summed E-state index contributed by atoms with van der Waals surface area (Å²) in [5.74, 6) is 0. The second kappa shape index (κ2) is 5.56. The van der Waals surface area contributed by atoms with Gasteiger partial charge in [-0.25, -0.2) is 4.79 Å². The maximum atomic E-state index is 12.1. The van der Waals surface area contributed by atoms with E-state index in [0.29, 0.717) is 6.54 Å². The molecule has 1 aliphatic rings. The first-order chi connectivity index (χ1) is 10.2. The lowest BCUT2D eigenvalue weighted by molar-refractivity contribution is 0.235. The van der Waals surface area contributed by atoms with E-state index < -0.39 is 0 Å². The van der Waals surface area contributed by atoms with Gasteiger partial charge in [-0.05, 0) is 43.0 Å². The third kappa shape index (κ3) is 3.21. The van der Waals surface area contributed by atoms with Gasteiger partial charge in [-0.2, -0.15) is 0 Å². The predicted octanol–water partition coefficient (Wildman–Crippen LogP) is 2.88. The Bertz CT molecular complexity index is 618. The number of amides is 2. The predicted molar refractivity (Wildman–Crippen MR) is 81.7 cm³/mol. The molecule has 1 aromatic heterocycles. The minimum atomic E-state index is -0.171. The quantitative estimate of drug-likeness (QED) is 0.905. The summed E-state index contributed by atoms with van der Waals surface area (Å²) in [5.41, 5.74) is 3.29. The van der Waals surface area contributed by atoms with Crippen LogP contribution < -0.4 is 10.6 Å². The highest BCUT2D eigenvalue weighted by Crippen LogP contribution is 2.45. The average Bonchev–Trinajstić information content (AvgIpc) is 3.27. The van der Waals surface area contributed by atoms with Crippen LogP contribution in [0.4, 0.5) is 4.79 Å². The Morgan fingerprint density at radius 1 is 1.14 bits per heavy atom. The SMILES string of the molecule is Cc1ccc(C2(NC(=O)NCc3ccncc3)CC2)cc1. The number of nitrogens with zero attached hydrogens (tertiary/aromatic N) is 1. The van der Waals surface area contributed by atoms with Crippen molar-refractivity contribution in [1.82, 2.24) is 15.6 Å². The van der Waals surface area contributed by atoms with E-state index in [-0.39, 0.29) is 11.6 Å². The monoisotopic (exact) mass is 281 g/mol. The van der Waals surface area contributed by atoms with Crippen LogP contribution in [0.5, 0.6) is 0 Å². The summed E-state index contributed by atoms with van der Waals surface area (Å²) in [7, 11) is 0. The largest absolute Gasteiger partial charge is 0.334 e. The number of carbonyl (C=O) groups excluding carboxylic acids is 1. The van der Waals surface area contributed by atoms with Gasteiger partial charge in [0.25, 0.3) is 0 Å². The zero-order valence-electron chi connectivity index (χ0n) is 12.1. The van der Waals surface area contributed by atoms with Crippen LogP contribution in [-0.2, 0) is 12.1 Å². The Labute approximate surface area is 124 Å². The standard InChI is InChI=1S/C17H19N3O/c1-13-2-4-15(5-3-13)17(8-9-17)20-16(21)19-12-14-6-10-18-11-7-14/h2-7,10-11H,8-9,12H2,1H3,(H2,19,20,21). The van der Waals surface area contributed by atoms with Gasteiger partial charge in [0.05, 0.1) is 5.54 Å². The van der Waals surface area contributed by atoms with Gasteiger partial charge in [0.15, 0.2) is 0 Å². The Kier molecular flexibility index (Phi) is 3.60. The highest BCUT2D eigenvalue weighted by atomic mass is 16.2. The van der Waals surface area contributed by atoms with Crippen molar-refractivity contribution < 1.29 is 4.79 Å². The molecule has 1 heterocycles. The Balaban J connectivity index is 1.58. The minimum absolute atomic E-state index is 0.120. The van der Waals surface area contributed by atoms with E-state index in [4.69, 9.17) is 0 Å². The molecule has 1 aromatic carbocycles. The van der Waals surface area contributed by atoms with E-state index in [2.05, 4.69) is 46.8 Å². The molecule has 2 amide bonds. The van der Waals surface area contributed by atoms with Crippen LogP contribution in [0.15, 0.2) is 48.8 Å². The topological polar surface area (TPSA) is 54.0 Å². The van der Waals surface area contributed by atoms with Crippen molar-refractivity contribution in [2.45, 2.75) is 31.8 Å². The number of hydrogen-bond donors (Lipinski definition) is 2. The van der Waals surface area contributed by atoms with Gasteiger partial charge in [0, 0.05) is 18.9 Å². The first-order valence-corrected chi connectivity index (χ1v) is 7.20. The van der Waals surface area contributed by atoms with Crippen molar-refractivity contribution in [2.75, 3.05) is 0 Å². The summed E-state index contributed by atoms with van der Waals surface area (Å²) in [6.45, 7) is 2.58. The fourth-order valence-electron chi connectivity index (χ4n) is 2.43. The van der Waals surface area contributed by atoms with E-state index in [1.54, 1.807) is 12.4 Å². The van der Waals surface area contributed by atoms with Crippen molar-refractivity contribution in [3.8, 4) is 0 Å². The first-order valence-electron chi connectivity index (χ1n) is 7.20. The number of nitrogens with one attached hydrogen (secondary N) is 2. The highest BCUT2D eigenvalue weighted by molar-refractivity contribution is 5.75. The summed E-state index contributed by atoms with van der Waals surface area (Å²) in [4.78, 5) is 16.0. The molecule has 21 heavy (non-hydrogen) atoms. The molecule has 1 aliphatic carbocycles. The van der Waals surface area contributed by atoms with Crippen molar-refractivity contribution in [3.05, 3.63) is 65.5 Å². The number of hydrogen-bond acceptors (Lipinski definition) is 2. The van der Waals surface area contributed by atoms with Crippen LogP contribution >= 0.6 is 0 Å². The molecule has 0 unspecified atom stereocenters. The van der Waals surface area contributed by atoms with Crippen LogP contribution in [0.2, 0.25) is 0 Å². The molecule has 4 nitrogen and oxygen atoms in total. The molecule has 2 N–H and O–H groups in total. The Morgan fingerprint density at radius 3 is 2.43 bits per heavy atom. The molecule has 0 atom stereocenters. The fraction of sp³-hybridized carbons (Fsp3) is 0.294. The van der Waals surface area contributed by atoms with E-state index in [9.17, 15) is 4.79 Å². The zero-order valence-corrected chi connectivity index (χ0v) is 12.1. The number of rotatable bonds is 4. The molecular formula is C17H19N3O. The van der Waals surface area contributed by atoms with E-state index in [1.807, 2.05) is 12.1 Å². The molecular weight excluding hydrogens is 262 g/mol. The summed E-state index contributed by atoms with van der Waals surface area (Å²) < 4.78 is 0. The third-order valence-electron chi connectivity index (χ3n) is 3.91. The third-order valence-corrected chi connectivity index (χ3v) is 3.91. The maximum absolute atomic E-state index is 12.1. The molecule has 4 heteroatoms. The van der Waals surface area contributed by atoms with Crippen LogP contribution in [0.1, 0.15) is 29.5 Å². The van der Waals surface area contributed by atoms with Gasteiger partial charge in [0.1, 0.15) is 0 Å². The van der Waals surface area contributed by atoms with Crippen molar-refractivity contribution in [1.29, 1.82) is 0 Å². The summed E-state index contributed by atoms with van der Waals surface area (Å²) >= 11 is 0. The second-order valence-electron chi connectivity index (χ2n) is 5.61. The lowest BCUT2D eigenvalue weighted by atomic mass is 10.0. The number of aromatic nitrogens is 1. The number of aryl methyl sites for hydroxylation is 1. The molecule has 0 bridgehead atoms. The Morgan fingerprint density at radius 2 is 1.81 bits per heavy atom. The minimum Gasteiger partial charge on any atom is -0.334 e. The van der Waals surface area contributed by atoms with Crippen LogP contribution in [0.3, 0.4) is 0 Å². The molecule has 1 fully saturated rings. The molecule has 108 valence electrons. The van der Waals surface area contributed by atoms with Crippen molar-refractivity contribution in [2.24, 2.45) is 0 Å². The number of carbonyl (C=O) groups is 1. The van der Waals surface area contributed by atoms with Gasteiger partial charge in [-0.1, -0.05) is 29.8 Å². The van der Waals surface area contributed by atoms with Crippen molar-refractivity contribution in [3.63, 3.8) is 0 Å². The van der Waals surface area contributed by atoms with Crippen LogP contribution in [0, 0.1) is 6.92 Å². The molecule has 1 saturated carbocycles. The van der Waals surface area contributed by atoms with Gasteiger partial charge in [0.2, 0.25) is 0 Å². The van der Waals surface area contributed by atoms with Crippen molar-refractivity contribution >= 4 is 6.03 Å². The van der Waals surface area contributed by atoms with E-state index >= 15 is 0 Å². The van der Waals surface area contributed by atoms with Crippen LogP contribution in [-0.4, -0.2) is 11.0 Å². The number of pyridine rings is 1. The maximum Gasteiger partial charge on any atom is 0.315 e. The zero-order chi connectivity index (χ0) is 14.7. The lowest BCUT2D eigenvalue weighted by Gasteiger charge is -2.18. The smallest absolute Gasteiger partial charge is 0.315 e. The molecule has 0 radical (unpaired) electrons. The lowest BCUT2D eigenvalue weighted by Crippen LogP contribution is -2.41. The van der Waals surface area contributed by atoms with E-state index in [1.165, 1.54) is 11.1 Å². The first kappa shape index (κ1) is 13.6. The van der Waals surface area contributed by atoms with Gasteiger partial charge in [-0.3, -0.25) is 4.98 Å². The summed E-state index contributed by atoms with van der Waals surface area (Å²) in [5, 5.41) is 6.01.